The van der Waals surface area contributed by atoms with Crippen LogP contribution in [0.2, 0.25) is 0 Å². The molecule has 0 saturated heterocycles. The van der Waals surface area contributed by atoms with Crippen LogP contribution in [0.1, 0.15) is 33.4 Å². The molecule has 4 nitrogen and oxygen atoms in total. The van der Waals surface area contributed by atoms with Gasteiger partial charge in [-0.05, 0) is 74.9 Å². The number of phosphoric acid groups is 1. The maximum atomic E-state index is 14.0. The van der Waals surface area contributed by atoms with Gasteiger partial charge in [-0.15, -0.1) is 0 Å². The second-order valence-electron chi connectivity index (χ2n) is 7.38. The standard InChI is InChI=1S/C24H27O4P/c1-16-10-7-11-17(2)22(16)26-29(25,27-23-18(3)12-8-13-19(23)4)28-24-20(5)14-9-15-21(24)6/h7-15H,1-6H3. The van der Waals surface area contributed by atoms with Gasteiger partial charge in [-0.1, -0.05) is 54.6 Å². The van der Waals surface area contributed by atoms with Crippen LogP contribution in [0.3, 0.4) is 0 Å². The fraction of sp³-hybridized carbons (Fsp3) is 0.250. The summed E-state index contributed by atoms with van der Waals surface area (Å²) in [5.74, 6) is 1.52. The van der Waals surface area contributed by atoms with Crippen LogP contribution >= 0.6 is 7.82 Å². The zero-order valence-electron chi connectivity index (χ0n) is 17.8. The Morgan fingerprint density at radius 2 is 0.690 bits per heavy atom. The SMILES string of the molecule is Cc1cccc(C)c1OP(=O)(Oc1c(C)cccc1C)Oc1c(C)cccc1C. The van der Waals surface area contributed by atoms with E-state index in [-0.39, 0.29) is 0 Å². The van der Waals surface area contributed by atoms with E-state index in [0.717, 1.165) is 33.4 Å². The molecular weight excluding hydrogens is 383 g/mol. The van der Waals surface area contributed by atoms with E-state index in [0.29, 0.717) is 17.2 Å². The third-order valence-corrected chi connectivity index (χ3v) is 6.05. The van der Waals surface area contributed by atoms with E-state index in [9.17, 15) is 4.57 Å². The van der Waals surface area contributed by atoms with Gasteiger partial charge >= 0.3 is 7.82 Å². The molecular formula is C24H27O4P. The van der Waals surface area contributed by atoms with Gasteiger partial charge in [-0.2, -0.15) is 4.57 Å². The summed E-state index contributed by atoms with van der Waals surface area (Å²) < 4.78 is 32.0. The van der Waals surface area contributed by atoms with Crippen LogP contribution in [0, 0.1) is 41.5 Å². The highest BCUT2D eigenvalue weighted by Crippen LogP contribution is 2.53. The highest BCUT2D eigenvalue weighted by atomic mass is 31.2. The summed E-state index contributed by atoms with van der Waals surface area (Å²) in [5.41, 5.74) is 5.17. The molecule has 29 heavy (non-hydrogen) atoms. The number of hydrogen-bond acceptors (Lipinski definition) is 4. The first-order chi connectivity index (χ1) is 13.7. The molecule has 0 radical (unpaired) electrons. The minimum atomic E-state index is -4.05. The number of para-hydroxylation sites is 3. The van der Waals surface area contributed by atoms with Crippen molar-refractivity contribution in [2.24, 2.45) is 0 Å². The van der Waals surface area contributed by atoms with Crippen LogP contribution in [0.4, 0.5) is 0 Å². The minimum Gasteiger partial charge on any atom is -0.385 e. The van der Waals surface area contributed by atoms with Crippen LogP contribution in [-0.4, -0.2) is 0 Å². The lowest BCUT2D eigenvalue weighted by Crippen LogP contribution is -2.11. The van der Waals surface area contributed by atoms with Crippen molar-refractivity contribution in [3.8, 4) is 17.2 Å². The van der Waals surface area contributed by atoms with Crippen molar-refractivity contribution in [2.75, 3.05) is 0 Å². The predicted molar refractivity (Wildman–Crippen MR) is 117 cm³/mol. The van der Waals surface area contributed by atoms with Crippen molar-refractivity contribution < 1.29 is 18.1 Å². The molecule has 152 valence electrons. The molecule has 3 aromatic rings. The molecule has 0 aliphatic carbocycles. The van der Waals surface area contributed by atoms with Gasteiger partial charge in [0, 0.05) is 0 Å². The van der Waals surface area contributed by atoms with E-state index in [2.05, 4.69) is 0 Å². The molecule has 0 heterocycles. The lowest BCUT2D eigenvalue weighted by Gasteiger charge is -2.24. The first kappa shape index (κ1) is 21.0. The minimum absolute atomic E-state index is 0.508. The Morgan fingerprint density at radius 3 is 0.897 bits per heavy atom. The molecule has 0 fully saturated rings. The molecule has 0 spiro atoms. The maximum Gasteiger partial charge on any atom is 0.647 e. The Bertz CT molecular complexity index is 891. The average molecular weight is 410 g/mol. The summed E-state index contributed by atoms with van der Waals surface area (Å²) in [7, 11) is -4.05. The molecule has 0 amide bonds. The van der Waals surface area contributed by atoms with Crippen molar-refractivity contribution >= 4 is 7.82 Å². The van der Waals surface area contributed by atoms with Gasteiger partial charge in [0.25, 0.3) is 0 Å². The van der Waals surface area contributed by atoms with Crippen LogP contribution in [0.5, 0.6) is 17.2 Å². The van der Waals surface area contributed by atoms with Crippen molar-refractivity contribution in [2.45, 2.75) is 41.5 Å². The zero-order valence-corrected chi connectivity index (χ0v) is 18.7. The molecule has 0 aliphatic rings. The van der Waals surface area contributed by atoms with Crippen molar-refractivity contribution in [3.05, 3.63) is 88.0 Å². The molecule has 0 aromatic heterocycles. The summed E-state index contributed by atoms with van der Waals surface area (Å²) in [6.07, 6.45) is 0. The summed E-state index contributed by atoms with van der Waals surface area (Å²) in [5, 5.41) is 0. The molecule has 0 bridgehead atoms. The van der Waals surface area contributed by atoms with Crippen LogP contribution < -0.4 is 13.6 Å². The monoisotopic (exact) mass is 410 g/mol. The molecule has 0 aliphatic heterocycles. The summed E-state index contributed by atoms with van der Waals surface area (Å²) in [4.78, 5) is 0. The second kappa shape index (κ2) is 8.34. The third kappa shape index (κ3) is 4.65. The van der Waals surface area contributed by atoms with E-state index >= 15 is 0 Å². The fourth-order valence-electron chi connectivity index (χ4n) is 3.22. The molecule has 5 heteroatoms. The summed E-state index contributed by atoms with van der Waals surface area (Å²) in [6.45, 7) is 11.4. The van der Waals surface area contributed by atoms with Gasteiger partial charge in [0.2, 0.25) is 0 Å². The highest BCUT2D eigenvalue weighted by Gasteiger charge is 2.36. The Hall–Kier alpha value is -2.71. The van der Waals surface area contributed by atoms with Crippen LogP contribution in [0.25, 0.3) is 0 Å². The average Bonchev–Trinajstić information content (AvgIpc) is 2.65. The largest absolute Gasteiger partial charge is 0.647 e. The van der Waals surface area contributed by atoms with E-state index in [4.69, 9.17) is 13.6 Å². The van der Waals surface area contributed by atoms with Gasteiger partial charge in [0.05, 0.1) is 0 Å². The van der Waals surface area contributed by atoms with Crippen molar-refractivity contribution in [1.82, 2.24) is 0 Å². The fourth-order valence-corrected chi connectivity index (χ4v) is 4.87. The molecule has 0 unspecified atom stereocenters. The smallest absolute Gasteiger partial charge is 0.385 e. The molecule has 3 aromatic carbocycles. The number of rotatable bonds is 6. The van der Waals surface area contributed by atoms with Crippen molar-refractivity contribution in [1.29, 1.82) is 0 Å². The van der Waals surface area contributed by atoms with Crippen LogP contribution in [-0.2, 0) is 4.57 Å². The Balaban J connectivity index is 2.09. The first-order valence-corrected chi connectivity index (χ1v) is 11.0. The molecule has 0 N–H and O–H groups in total. The third-order valence-electron chi connectivity index (χ3n) is 4.84. The molecule has 3 rings (SSSR count). The number of benzene rings is 3. The Kier molecular flexibility index (Phi) is 6.04. The van der Waals surface area contributed by atoms with Crippen molar-refractivity contribution in [3.63, 3.8) is 0 Å². The zero-order chi connectivity index (χ0) is 21.2. The van der Waals surface area contributed by atoms with E-state index < -0.39 is 7.82 Å². The number of aryl methyl sites for hydroxylation is 6. The van der Waals surface area contributed by atoms with E-state index in [1.807, 2.05) is 96.1 Å². The van der Waals surface area contributed by atoms with E-state index in [1.165, 1.54) is 0 Å². The molecule has 0 saturated carbocycles. The quantitative estimate of drug-likeness (QED) is 0.404. The Labute approximate surface area is 173 Å². The first-order valence-electron chi connectivity index (χ1n) is 9.57. The highest BCUT2D eigenvalue weighted by molar-refractivity contribution is 7.49. The lowest BCUT2D eigenvalue weighted by atomic mass is 10.1. The number of hydrogen-bond donors (Lipinski definition) is 0. The lowest BCUT2D eigenvalue weighted by molar-refractivity contribution is 0.294. The van der Waals surface area contributed by atoms with Crippen LogP contribution in [0.15, 0.2) is 54.6 Å². The van der Waals surface area contributed by atoms with Gasteiger partial charge in [-0.25, -0.2) is 0 Å². The second-order valence-corrected chi connectivity index (χ2v) is 8.83. The normalized spacial score (nSPS) is 11.2. The van der Waals surface area contributed by atoms with E-state index in [1.54, 1.807) is 0 Å². The van der Waals surface area contributed by atoms with Gasteiger partial charge in [0.15, 0.2) is 0 Å². The van der Waals surface area contributed by atoms with Gasteiger partial charge in [-0.3, -0.25) is 0 Å². The summed E-state index contributed by atoms with van der Waals surface area (Å²) >= 11 is 0. The number of phosphoric ester groups is 1. The molecule has 0 atom stereocenters. The van der Waals surface area contributed by atoms with Gasteiger partial charge < -0.3 is 13.6 Å². The topological polar surface area (TPSA) is 44.8 Å². The summed E-state index contributed by atoms with van der Waals surface area (Å²) in [6, 6.07) is 17.2. The predicted octanol–water partition coefficient (Wildman–Crippen LogP) is 7.18. The Morgan fingerprint density at radius 1 is 0.483 bits per heavy atom. The van der Waals surface area contributed by atoms with Gasteiger partial charge in [0.1, 0.15) is 17.2 Å². The maximum absolute atomic E-state index is 14.0.